The molecule has 0 amide bonds. The molecule has 0 spiro atoms. The number of esters is 2. The topological polar surface area (TPSA) is 82.1 Å². The van der Waals surface area contributed by atoms with Crippen molar-refractivity contribution in [1.29, 1.82) is 0 Å². The minimum Gasteiger partial charge on any atom is -0.507 e. The summed E-state index contributed by atoms with van der Waals surface area (Å²) in [5.74, 6) is 0.774. The minimum atomic E-state index is -0.493. The largest absolute Gasteiger partial charge is 0.507 e. The maximum atomic E-state index is 13.8. The third kappa shape index (κ3) is 7.90. The van der Waals surface area contributed by atoms with Crippen molar-refractivity contribution in [3.8, 4) is 23.0 Å². The summed E-state index contributed by atoms with van der Waals surface area (Å²) in [6.07, 6.45) is 1.40. The first kappa shape index (κ1) is 35.1. The summed E-state index contributed by atoms with van der Waals surface area (Å²) in [5, 5.41) is 11.8. The summed E-state index contributed by atoms with van der Waals surface area (Å²) in [5.41, 5.74) is 8.12. The Balaban J connectivity index is 1.29. The maximum Gasteiger partial charge on any atom is 0.343 e. The van der Waals surface area contributed by atoms with Gasteiger partial charge in [-0.25, -0.2) is 9.59 Å². The predicted molar refractivity (Wildman–Crippen MR) is 212 cm³/mol. The molecule has 0 saturated heterocycles. The average molecular weight is 723 g/mol. The van der Waals surface area contributed by atoms with Gasteiger partial charge in [-0.2, -0.15) is 0 Å². The van der Waals surface area contributed by atoms with Crippen molar-refractivity contribution in [1.82, 2.24) is 0 Å². The van der Waals surface area contributed by atoms with Gasteiger partial charge in [-0.1, -0.05) is 140 Å². The molecular weight excluding hydrogens is 685 g/mol. The van der Waals surface area contributed by atoms with E-state index in [0.29, 0.717) is 66.2 Å². The fourth-order valence-corrected chi connectivity index (χ4v) is 7.13. The highest BCUT2D eigenvalue weighted by Gasteiger charge is 2.23. The van der Waals surface area contributed by atoms with Gasteiger partial charge in [0.05, 0.1) is 11.1 Å². The van der Waals surface area contributed by atoms with Gasteiger partial charge in [-0.3, -0.25) is 0 Å². The molecule has 7 aromatic carbocycles. The van der Waals surface area contributed by atoms with Crippen molar-refractivity contribution >= 4 is 11.9 Å². The average Bonchev–Trinajstić information content (AvgIpc) is 3.22. The number of rotatable bonds is 7. The van der Waals surface area contributed by atoms with Gasteiger partial charge in [0.15, 0.2) is 0 Å². The second kappa shape index (κ2) is 16.0. The molecule has 6 nitrogen and oxygen atoms in total. The van der Waals surface area contributed by atoms with Crippen LogP contribution in [0.1, 0.15) is 70.8 Å². The molecule has 0 atom stereocenters. The number of aromatic hydroxyl groups is 1. The number of fused-ring (bicyclic) bond motifs is 8. The molecule has 0 radical (unpaired) electrons. The summed E-state index contributed by atoms with van der Waals surface area (Å²) < 4.78 is 19.2. The molecule has 8 rings (SSSR count). The van der Waals surface area contributed by atoms with Crippen LogP contribution in [0.2, 0.25) is 0 Å². The molecular formula is C49H38O6. The molecule has 0 heterocycles. The highest BCUT2D eigenvalue weighted by atomic mass is 16.5. The fraction of sp³-hybridized carbons (Fsp3) is 0.102. The minimum absolute atomic E-state index is 0.181. The van der Waals surface area contributed by atoms with Crippen LogP contribution in [-0.2, 0) is 32.3 Å². The van der Waals surface area contributed by atoms with E-state index in [1.807, 2.05) is 115 Å². The van der Waals surface area contributed by atoms with Crippen LogP contribution in [0, 0.1) is 0 Å². The second-order valence-corrected chi connectivity index (χ2v) is 13.6. The third-order valence-corrected chi connectivity index (χ3v) is 9.90. The lowest BCUT2D eigenvalue weighted by Crippen LogP contribution is -2.14. The molecule has 7 aromatic rings. The van der Waals surface area contributed by atoms with Crippen molar-refractivity contribution < 1.29 is 28.9 Å². The van der Waals surface area contributed by atoms with Gasteiger partial charge in [0.2, 0.25) is 0 Å². The van der Waals surface area contributed by atoms with Crippen LogP contribution in [0.4, 0.5) is 0 Å². The fourth-order valence-electron chi connectivity index (χ4n) is 7.13. The lowest BCUT2D eigenvalue weighted by Gasteiger charge is -2.21. The van der Waals surface area contributed by atoms with Crippen molar-refractivity contribution in [2.24, 2.45) is 0 Å². The van der Waals surface area contributed by atoms with Gasteiger partial charge in [-0.05, 0) is 74.3 Å². The molecule has 0 aromatic heterocycles. The number of carbonyl (C=O) groups is 2. The summed E-state index contributed by atoms with van der Waals surface area (Å²) in [4.78, 5) is 27.4. The molecule has 6 heteroatoms. The maximum absolute atomic E-state index is 13.8. The Morgan fingerprint density at radius 3 is 1.13 bits per heavy atom. The lowest BCUT2D eigenvalue weighted by molar-refractivity contribution is 0.0724. The monoisotopic (exact) mass is 722 g/mol. The van der Waals surface area contributed by atoms with Crippen molar-refractivity contribution in [2.45, 2.75) is 32.3 Å². The highest BCUT2D eigenvalue weighted by molar-refractivity contribution is 5.92. The van der Waals surface area contributed by atoms with Gasteiger partial charge in [0.1, 0.15) is 29.6 Å². The van der Waals surface area contributed by atoms with E-state index < -0.39 is 11.9 Å². The molecule has 0 fully saturated rings. The molecule has 1 aliphatic carbocycles. The van der Waals surface area contributed by atoms with Crippen molar-refractivity contribution in [3.05, 3.63) is 225 Å². The molecule has 55 heavy (non-hydrogen) atoms. The Kier molecular flexibility index (Phi) is 10.2. The quantitative estimate of drug-likeness (QED) is 0.130. The van der Waals surface area contributed by atoms with Crippen LogP contribution in [-0.4, -0.2) is 17.0 Å². The number of para-hydroxylation sites is 4. The molecule has 270 valence electrons. The third-order valence-electron chi connectivity index (χ3n) is 9.90. The van der Waals surface area contributed by atoms with Gasteiger partial charge in [0.25, 0.3) is 0 Å². The highest BCUT2D eigenvalue weighted by Crippen LogP contribution is 2.39. The normalized spacial score (nSPS) is 12.0. The SMILES string of the molecule is O=C(Oc1c2cccc1Cc1cccc(c1OC(=O)c1ccccc1)Cc1cccc(c1OCc1ccccc1)Cc1cccc(c1O)C2)c1ccccc1. The number of carbonyl (C=O) groups excluding carboxylic acids is 2. The second-order valence-electron chi connectivity index (χ2n) is 13.6. The number of hydrogen-bond donors (Lipinski definition) is 1. The van der Waals surface area contributed by atoms with Gasteiger partial charge in [-0.15, -0.1) is 0 Å². The number of hydrogen-bond acceptors (Lipinski definition) is 6. The zero-order valence-electron chi connectivity index (χ0n) is 30.1. The van der Waals surface area contributed by atoms with E-state index >= 15 is 0 Å². The summed E-state index contributed by atoms with van der Waals surface area (Å²) >= 11 is 0. The Morgan fingerprint density at radius 1 is 0.400 bits per heavy atom. The lowest BCUT2D eigenvalue weighted by atomic mass is 9.91. The van der Waals surface area contributed by atoms with Gasteiger partial charge in [0, 0.05) is 25.7 Å². The first-order valence-electron chi connectivity index (χ1n) is 18.3. The van der Waals surface area contributed by atoms with E-state index in [1.165, 1.54) is 0 Å². The molecule has 1 aliphatic rings. The molecule has 0 aliphatic heterocycles. The van der Waals surface area contributed by atoms with Crippen LogP contribution in [0.15, 0.2) is 164 Å². The molecule has 8 bridgehead atoms. The molecule has 1 N–H and O–H groups in total. The van der Waals surface area contributed by atoms with E-state index in [-0.39, 0.29) is 5.75 Å². The van der Waals surface area contributed by atoms with E-state index in [9.17, 15) is 14.7 Å². The number of ether oxygens (including phenoxy) is 3. The van der Waals surface area contributed by atoms with Crippen LogP contribution in [0.3, 0.4) is 0 Å². The summed E-state index contributed by atoms with van der Waals surface area (Å²) in [6, 6.07) is 51.3. The number of phenolic OH excluding ortho intramolecular Hbond substituents is 1. The summed E-state index contributed by atoms with van der Waals surface area (Å²) in [7, 11) is 0. The Hall–Kier alpha value is -6.92. The zero-order valence-corrected chi connectivity index (χ0v) is 30.1. The predicted octanol–water partition coefficient (Wildman–Crippen LogP) is 10.1. The Bertz CT molecular complexity index is 2470. The van der Waals surface area contributed by atoms with Crippen molar-refractivity contribution in [2.75, 3.05) is 0 Å². The van der Waals surface area contributed by atoms with E-state index in [1.54, 1.807) is 48.5 Å². The van der Waals surface area contributed by atoms with Gasteiger partial charge < -0.3 is 19.3 Å². The first-order chi connectivity index (χ1) is 27.0. The number of phenols is 1. The Morgan fingerprint density at radius 2 is 0.727 bits per heavy atom. The molecule has 0 saturated carbocycles. The van der Waals surface area contributed by atoms with Crippen LogP contribution >= 0.6 is 0 Å². The van der Waals surface area contributed by atoms with Gasteiger partial charge >= 0.3 is 11.9 Å². The summed E-state index contributed by atoms with van der Waals surface area (Å²) in [6.45, 7) is 0.353. The smallest absolute Gasteiger partial charge is 0.343 e. The van der Waals surface area contributed by atoms with E-state index in [0.717, 1.165) is 44.5 Å². The standard InChI is InChI=1S/C49H38O6/c50-44-36-20-10-21-37(44)29-40-24-12-26-42(46(40)54-48(51)34-16-6-2-7-17-34)31-43-27-13-25-41(47(43)55-49(52)35-18-8-3-9-19-35)30-39-23-11-22-38(28-36)45(39)53-32-33-14-4-1-5-15-33/h1-27,50H,28-32H2. The van der Waals surface area contributed by atoms with E-state index in [4.69, 9.17) is 14.2 Å². The van der Waals surface area contributed by atoms with Crippen LogP contribution in [0.25, 0.3) is 0 Å². The number of benzene rings is 7. The van der Waals surface area contributed by atoms with Crippen LogP contribution in [0.5, 0.6) is 23.0 Å². The van der Waals surface area contributed by atoms with Crippen LogP contribution < -0.4 is 14.2 Å². The molecule has 0 unspecified atom stereocenters. The first-order valence-corrected chi connectivity index (χ1v) is 18.3. The Labute approximate surface area is 320 Å². The van der Waals surface area contributed by atoms with E-state index in [2.05, 4.69) is 0 Å². The van der Waals surface area contributed by atoms with Crippen molar-refractivity contribution in [3.63, 3.8) is 0 Å². The zero-order chi connectivity index (χ0) is 37.6.